The number of carbonyl (C=O) groups is 4. The molecule has 0 aromatic heterocycles. The van der Waals surface area contributed by atoms with E-state index in [4.69, 9.17) is 5.11 Å². The molecule has 1 aliphatic heterocycles. The number of nitrogens with one attached hydrogen (secondary N) is 3. The van der Waals surface area contributed by atoms with Gasteiger partial charge in [0.25, 0.3) is 5.91 Å². The largest absolute Gasteiger partial charge is 0.481 e. The van der Waals surface area contributed by atoms with Gasteiger partial charge in [-0.2, -0.15) is 0 Å². The van der Waals surface area contributed by atoms with Crippen molar-refractivity contribution >= 4 is 29.5 Å². The number of amides is 4. The average molecular weight is 359 g/mol. The normalized spacial score (nSPS) is 28.2. The van der Waals surface area contributed by atoms with Crippen LogP contribution in [-0.4, -0.2) is 28.9 Å². The Bertz CT molecular complexity index is 770. The van der Waals surface area contributed by atoms with Crippen LogP contribution in [-0.2, 0) is 19.9 Å². The van der Waals surface area contributed by atoms with Crippen molar-refractivity contribution in [2.24, 2.45) is 11.8 Å². The molecule has 4 amide bonds. The van der Waals surface area contributed by atoms with Gasteiger partial charge < -0.3 is 15.7 Å². The Morgan fingerprint density at radius 1 is 1.15 bits per heavy atom. The van der Waals surface area contributed by atoms with Crippen molar-refractivity contribution in [2.75, 3.05) is 5.32 Å². The van der Waals surface area contributed by atoms with E-state index < -0.39 is 23.4 Å². The van der Waals surface area contributed by atoms with Gasteiger partial charge in [-0.15, -0.1) is 0 Å². The lowest BCUT2D eigenvalue weighted by Gasteiger charge is -2.25. The van der Waals surface area contributed by atoms with Crippen LogP contribution in [0, 0.1) is 11.8 Å². The molecule has 8 heteroatoms. The summed E-state index contributed by atoms with van der Waals surface area (Å²) in [7, 11) is 0. The number of urea groups is 1. The van der Waals surface area contributed by atoms with Crippen LogP contribution in [0.5, 0.6) is 0 Å². The molecule has 1 atom stereocenters. The lowest BCUT2D eigenvalue weighted by molar-refractivity contribution is -0.143. The van der Waals surface area contributed by atoms with E-state index in [-0.39, 0.29) is 17.7 Å². The molecule has 0 radical (unpaired) electrons. The first kappa shape index (κ1) is 17.9. The Balaban J connectivity index is 1.68. The van der Waals surface area contributed by atoms with Crippen molar-refractivity contribution in [1.29, 1.82) is 0 Å². The van der Waals surface area contributed by atoms with Crippen LogP contribution in [0.4, 0.5) is 10.5 Å². The first-order chi connectivity index (χ1) is 12.3. The molecule has 1 saturated heterocycles. The van der Waals surface area contributed by atoms with Crippen molar-refractivity contribution in [3.63, 3.8) is 0 Å². The van der Waals surface area contributed by atoms with Gasteiger partial charge >= 0.3 is 12.0 Å². The summed E-state index contributed by atoms with van der Waals surface area (Å²) >= 11 is 0. The van der Waals surface area contributed by atoms with Gasteiger partial charge in [0.1, 0.15) is 5.54 Å². The first-order valence-electron chi connectivity index (χ1n) is 8.57. The minimum absolute atomic E-state index is 0.156. The van der Waals surface area contributed by atoms with Crippen LogP contribution >= 0.6 is 0 Å². The maximum Gasteiger partial charge on any atom is 0.322 e. The van der Waals surface area contributed by atoms with Crippen molar-refractivity contribution in [1.82, 2.24) is 10.6 Å². The van der Waals surface area contributed by atoms with Crippen LogP contribution < -0.4 is 16.0 Å². The highest BCUT2D eigenvalue weighted by Gasteiger charge is 2.43. The van der Waals surface area contributed by atoms with Crippen molar-refractivity contribution in [2.45, 2.75) is 38.1 Å². The second-order valence-electron chi connectivity index (χ2n) is 6.99. The quantitative estimate of drug-likeness (QED) is 0.607. The number of carboxylic acids is 1. The molecule has 2 aliphatic rings. The fourth-order valence-electron chi connectivity index (χ4n) is 3.50. The van der Waals surface area contributed by atoms with Gasteiger partial charge in [0.15, 0.2) is 0 Å². The van der Waals surface area contributed by atoms with Gasteiger partial charge in [0.05, 0.1) is 5.92 Å². The number of anilines is 1. The molecule has 1 saturated carbocycles. The Labute approximate surface area is 150 Å². The van der Waals surface area contributed by atoms with Crippen LogP contribution in [0.2, 0.25) is 0 Å². The fraction of sp³-hybridized carbons (Fsp3) is 0.444. The molecule has 1 aromatic rings. The molecular weight excluding hydrogens is 338 g/mol. The molecular formula is C18H21N3O5. The third-order valence-electron chi connectivity index (χ3n) is 5.20. The number of aliphatic carboxylic acids is 1. The SMILES string of the molecule is CC1(c2cccc(NC(=O)C3CCC(C(=O)O)CC3)c2)NC(=O)NC1=O. The topological polar surface area (TPSA) is 125 Å². The summed E-state index contributed by atoms with van der Waals surface area (Å²) in [6.45, 7) is 1.60. The number of benzene rings is 1. The van der Waals surface area contributed by atoms with Gasteiger partial charge in [0.2, 0.25) is 5.91 Å². The number of hydrogen-bond acceptors (Lipinski definition) is 4. The third-order valence-corrected chi connectivity index (χ3v) is 5.20. The third kappa shape index (κ3) is 3.40. The van der Waals surface area contributed by atoms with Crippen molar-refractivity contribution < 1.29 is 24.3 Å². The minimum atomic E-state index is -1.18. The maximum absolute atomic E-state index is 12.5. The van der Waals surface area contributed by atoms with Crippen LogP contribution in [0.1, 0.15) is 38.2 Å². The Morgan fingerprint density at radius 2 is 1.81 bits per heavy atom. The lowest BCUT2D eigenvalue weighted by Crippen LogP contribution is -2.40. The number of carboxylic acid groups (broad SMARTS) is 1. The molecule has 0 spiro atoms. The summed E-state index contributed by atoms with van der Waals surface area (Å²) in [5.74, 6) is -2.00. The van der Waals surface area contributed by atoms with Gasteiger partial charge in [-0.1, -0.05) is 12.1 Å². The standard InChI is InChI=1S/C18H21N3O5/c1-18(16(25)20-17(26)21-18)12-3-2-4-13(9-12)19-14(22)10-5-7-11(8-6-10)15(23)24/h2-4,9-11H,5-8H2,1H3,(H,19,22)(H,23,24)(H2,20,21,25,26). The van der Waals surface area contributed by atoms with E-state index in [0.29, 0.717) is 36.9 Å². The molecule has 1 aliphatic carbocycles. The van der Waals surface area contributed by atoms with Gasteiger partial charge in [0, 0.05) is 11.6 Å². The molecule has 0 bridgehead atoms. The smallest absolute Gasteiger partial charge is 0.322 e. The zero-order valence-electron chi connectivity index (χ0n) is 14.4. The molecule has 3 rings (SSSR count). The van der Waals surface area contributed by atoms with Crippen molar-refractivity contribution in [3.05, 3.63) is 29.8 Å². The van der Waals surface area contributed by atoms with E-state index in [0.717, 1.165) is 0 Å². The van der Waals surface area contributed by atoms with E-state index in [2.05, 4.69) is 16.0 Å². The minimum Gasteiger partial charge on any atom is -0.481 e. The van der Waals surface area contributed by atoms with E-state index in [1.807, 2.05) is 0 Å². The number of rotatable bonds is 4. The van der Waals surface area contributed by atoms with Gasteiger partial charge in [-0.3, -0.25) is 19.7 Å². The number of carbonyl (C=O) groups excluding carboxylic acids is 3. The Hall–Kier alpha value is -2.90. The molecule has 26 heavy (non-hydrogen) atoms. The summed E-state index contributed by atoms with van der Waals surface area (Å²) in [6, 6.07) is 6.23. The van der Waals surface area contributed by atoms with E-state index >= 15 is 0 Å². The summed E-state index contributed by atoms with van der Waals surface area (Å²) in [5, 5.41) is 16.7. The lowest BCUT2D eigenvalue weighted by atomic mass is 9.81. The monoisotopic (exact) mass is 359 g/mol. The van der Waals surface area contributed by atoms with Gasteiger partial charge in [-0.25, -0.2) is 4.79 Å². The molecule has 1 unspecified atom stereocenters. The highest BCUT2D eigenvalue weighted by molar-refractivity contribution is 6.07. The van der Waals surface area contributed by atoms with Crippen LogP contribution in [0.15, 0.2) is 24.3 Å². The molecule has 1 heterocycles. The summed E-state index contributed by atoms with van der Waals surface area (Å²) < 4.78 is 0. The summed E-state index contributed by atoms with van der Waals surface area (Å²) in [5.41, 5.74) is -0.0894. The summed E-state index contributed by atoms with van der Waals surface area (Å²) in [6.07, 6.45) is 2.08. The summed E-state index contributed by atoms with van der Waals surface area (Å²) in [4.78, 5) is 46.9. The van der Waals surface area contributed by atoms with Gasteiger partial charge in [-0.05, 0) is 50.3 Å². The predicted molar refractivity (Wildman–Crippen MR) is 92.2 cm³/mol. The second kappa shape index (κ2) is 6.78. The van der Waals surface area contributed by atoms with E-state index in [9.17, 15) is 19.2 Å². The zero-order valence-corrected chi connectivity index (χ0v) is 14.4. The predicted octanol–water partition coefficient (Wildman–Crippen LogP) is 1.57. The van der Waals surface area contributed by atoms with Crippen LogP contribution in [0.3, 0.4) is 0 Å². The highest BCUT2D eigenvalue weighted by Crippen LogP contribution is 2.31. The van der Waals surface area contributed by atoms with Crippen molar-refractivity contribution in [3.8, 4) is 0 Å². The maximum atomic E-state index is 12.5. The second-order valence-corrected chi connectivity index (χ2v) is 6.99. The molecule has 1 aromatic carbocycles. The molecule has 138 valence electrons. The first-order valence-corrected chi connectivity index (χ1v) is 8.57. The molecule has 2 fully saturated rings. The average Bonchev–Trinajstić information content (AvgIpc) is 2.88. The molecule has 8 nitrogen and oxygen atoms in total. The zero-order chi connectivity index (χ0) is 18.9. The fourth-order valence-corrected chi connectivity index (χ4v) is 3.50. The molecule has 4 N–H and O–H groups in total. The van der Waals surface area contributed by atoms with Crippen LogP contribution in [0.25, 0.3) is 0 Å². The Morgan fingerprint density at radius 3 is 2.38 bits per heavy atom. The Kier molecular flexibility index (Phi) is 4.67. The highest BCUT2D eigenvalue weighted by atomic mass is 16.4. The van der Waals surface area contributed by atoms with E-state index in [1.54, 1.807) is 31.2 Å². The van der Waals surface area contributed by atoms with E-state index in [1.165, 1.54) is 0 Å². The number of imide groups is 1. The number of hydrogen-bond donors (Lipinski definition) is 4.